The summed E-state index contributed by atoms with van der Waals surface area (Å²) in [5.41, 5.74) is 1.34. The maximum atomic E-state index is 12.2. The molecule has 0 unspecified atom stereocenters. The number of carboxylic acid groups (broad SMARTS) is 1. The van der Waals surface area contributed by atoms with E-state index in [0.717, 1.165) is 3.57 Å². The first-order valence-electron chi connectivity index (χ1n) is 5.58. The Bertz CT molecular complexity index is 697. The molecule has 2 aromatic rings. The number of aryl methyl sites for hydroxylation is 1. The molecule has 0 saturated heterocycles. The number of carbonyl (C=O) groups excluding carboxylic acids is 1. The largest absolute Gasteiger partial charge is 0.477 e. The molecule has 0 atom stereocenters. The Hall–Kier alpha value is -1.35. The molecule has 7 heteroatoms. The number of aromatic amines is 1. The van der Waals surface area contributed by atoms with E-state index in [-0.39, 0.29) is 17.3 Å². The topological polar surface area (TPSA) is 82.2 Å². The molecule has 3 N–H and O–H groups in total. The molecule has 1 aromatic heterocycles. The van der Waals surface area contributed by atoms with Gasteiger partial charge in [0.1, 0.15) is 5.69 Å². The van der Waals surface area contributed by atoms with Crippen molar-refractivity contribution in [2.75, 3.05) is 5.32 Å². The van der Waals surface area contributed by atoms with Crippen LogP contribution in [0.4, 0.5) is 5.69 Å². The molecule has 104 valence electrons. The fourth-order valence-electron chi connectivity index (χ4n) is 1.72. The molecule has 0 aliphatic rings. The first-order valence-corrected chi connectivity index (χ1v) is 7.45. The molecule has 1 amide bonds. The van der Waals surface area contributed by atoms with Gasteiger partial charge in [-0.25, -0.2) is 4.79 Å². The fraction of sp³-hybridized carbons (Fsp3) is 0.0769. The molecule has 5 nitrogen and oxygen atoms in total. The number of amides is 1. The normalized spacial score (nSPS) is 10.3. The minimum Gasteiger partial charge on any atom is -0.477 e. The predicted molar refractivity (Wildman–Crippen MR) is 87.3 cm³/mol. The van der Waals surface area contributed by atoms with Gasteiger partial charge in [0.25, 0.3) is 5.91 Å². The molecule has 0 fully saturated rings. The number of hydrogen-bond acceptors (Lipinski definition) is 2. The fourth-order valence-corrected chi connectivity index (χ4v) is 2.64. The zero-order valence-corrected chi connectivity index (χ0v) is 14.1. The molecular formula is C13H10BrIN2O3. The quantitative estimate of drug-likeness (QED) is 0.627. The van der Waals surface area contributed by atoms with Crippen molar-refractivity contribution in [1.29, 1.82) is 0 Å². The summed E-state index contributed by atoms with van der Waals surface area (Å²) in [5.74, 6) is -1.48. The van der Waals surface area contributed by atoms with Crippen molar-refractivity contribution in [2.24, 2.45) is 0 Å². The van der Waals surface area contributed by atoms with Crippen molar-refractivity contribution in [2.45, 2.75) is 6.92 Å². The van der Waals surface area contributed by atoms with Crippen molar-refractivity contribution in [3.8, 4) is 0 Å². The van der Waals surface area contributed by atoms with E-state index < -0.39 is 5.97 Å². The lowest BCUT2D eigenvalue weighted by molar-refractivity contribution is 0.0692. The van der Waals surface area contributed by atoms with Crippen molar-refractivity contribution < 1.29 is 14.7 Å². The number of aromatic carboxylic acids is 1. The third kappa shape index (κ3) is 3.21. The Balaban J connectivity index is 2.32. The number of halogens is 2. The van der Waals surface area contributed by atoms with E-state index in [9.17, 15) is 9.59 Å². The molecule has 0 saturated carbocycles. The number of hydrogen-bond donors (Lipinski definition) is 3. The molecular weight excluding hydrogens is 439 g/mol. The van der Waals surface area contributed by atoms with Crippen LogP contribution in [0.25, 0.3) is 0 Å². The van der Waals surface area contributed by atoms with Gasteiger partial charge in [0, 0.05) is 13.7 Å². The highest BCUT2D eigenvalue weighted by Crippen LogP contribution is 2.23. The van der Waals surface area contributed by atoms with Gasteiger partial charge in [0.2, 0.25) is 0 Å². The highest BCUT2D eigenvalue weighted by molar-refractivity contribution is 14.1. The van der Waals surface area contributed by atoms with E-state index in [2.05, 4.69) is 48.8 Å². The number of nitrogens with one attached hydrogen (secondary N) is 2. The van der Waals surface area contributed by atoms with E-state index >= 15 is 0 Å². The highest BCUT2D eigenvalue weighted by Gasteiger charge is 2.17. The summed E-state index contributed by atoms with van der Waals surface area (Å²) in [6.45, 7) is 1.73. The first-order chi connectivity index (χ1) is 9.38. The SMILES string of the molecule is Cc1cc(NC(=O)c2cc(I)ccc2Br)c(C(=O)O)[nH]1. The maximum absolute atomic E-state index is 12.2. The summed E-state index contributed by atoms with van der Waals surface area (Å²) < 4.78 is 1.57. The molecule has 2 rings (SSSR count). The summed E-state index contributed by atoms with van der Waals surface area (Å²) in [7, 11) is 0. The standard InChI is InChI=1S/C13H10BrIN2O3/c1-6-4-10(11(16-6)13(19)20)17-12(18)8-5-7(15)2-3-9(8)14/h2-5,16H,1H3,(H,17,18)(H,19,20). The van der Waals surface area contributed by atoms with Gasteiger partial charge in [0.15, 0.2) is 0 Å². The Morgan fingerprint density at radius 3 is 2.70 bits per heavy atom. The van der Waals surface area contributed by atoms with Crippen molar-refractivity contribution in [1.82, 2.24) is 4.98 Å². The lowest BCUT2D eigenvalue weighted by atomic mass is 10.2. The third-order valence-corrected chi connectivity index (χ3v) is 3.95. The van der Waals surface area contributed by atoms with Crippen LogP contribution < -0.4 is 5.32 Å². The molecule has 0 spiro atoms. The van der Waals surface area contributed by atoms with Crippen molar-refractivity contribution >= 4 is 56.1 Å². The van der Waals surface area contributed by atoms with Crippen LogP contribution in [-0.2, 0) is 0 Å². The molecule has 0 bridgehead atoms. The highest BCUT2D eigenvalue weighted by atomic mass is 127. The van der Waals surface area contributed by atoms with Crippen LogP contribution in [0.1, 0.15) is 26.5 Å². The average Bonchev–Trinajstić information content (AvgIpc) is 2.73. The minimum absolute atomic E-state index is 0.0300. The number of rotatable bonds is 3. The van der Waals surface area contributed by atoms with Crippen LogP contribution in [0.5, 0.6) is 0 Å². The third-order valence-electron chi connectivity index (χ3n) is 2.59. The zero-order chi connectivity index (χ0) is 14.9. The molecule has 1 heterocycles. The second-order valence-electron chi connectivity index (χ2n) is 4.12. The van der Waals surface area contributed by atoms with E-state index in [0.29, 0.717) is 15.7 Å². The second-order valence-corrected chi connectivity index (χ2v) is 6.22. The van der Waals surface area contributed by atoms with Crippen LogP contribution in [0.15, 0.2) is 28.7 Å². The van der Waals surface area contributed by atoms with Crippen LogP contribution in [0.3, 0.4) is 0 Å². The summed E-state index contributed by atoms with van der Waals surface area (Å²) >= 11 is 5.42. The van der Waals surface area contributed by atoms with Crippen molar-refractivity contribution in [3.63, 3.8) is 0 Å². The number of carbonyl (C=O) groups is 2. The Morgan fingerprint density at radius 2 is 2.05 bits per heavy atom. The number of anilines is 1. The zero-order valence-electron chi connectivity index (χ0n) is 10.3. The summed E-state index contributed by atoms with van der Waals surface area (Å²) in [4.78, 5) is 26.0. The monoisotopic (exact) mass is 448 g/mol. The lowest BCUT2D eigenvalue weighted by Gasteiger charge is -2.07. The second kappa shape index (κ2) is 5.96. The first kappa shape index (κ1) is 15.0. The van der Waals surface area contributed by atoms with Gasteiger partial charge in [-0.15, -0.1) is 0 Å². The van der Waals surface area contributed by atoms with Crippen LogP contribution in [0.2, 0.25) is 0 Å². The Kier molecular flexibility index (Phi) is 4.48. The summed E-state index contributed by atoms with van der Waals surface area (Å²) in [6.07, 6.45) is 0. The van der Waals surface area contributed by atoms with E-state index in [1.807, 2.05) is 6.07 Å². The van der Waals surface area contributed by atoms with Gasteiger partial charge >= 0.3 is 5.97 Å². The average molecular weight is 449 g/mol. The Labute approximate surface area is 137 Å². The molecule has 0 aliphatic carbocycles. The molecule has 0 aliphatic heterocycles. The summed E-state index contributed by atoms with van der Waals surface area (Å²) in [5, 5.41) is 11.7. The number of H-pyrrole nitrogens is 1. The molecule has 20 heavy (non-hydrogen) atoms. The van der Waals surface area contributed by atoms with Crippen LogP contribution in [0, 0.1) is 10.5 Å². The van der Waals surface area contributed by atoms with Gasteiger partial charge < -0.3 is 15.4 Å². The van der Waals surface area contributed by atoms with Gasteiger partial charge in [-0.05, 0) is 69.7 Å². The van der Waals surface area contributed by atoms with E-state index in [1.54, 1.807) is 25.1 Å². The maximum Gasteiger partial charge on any atom is 0.354 e. The predicted octanol–water partition coefficient (Wildman–Crippen LogP) is 3.64. The lowest BCUT2D eigenvalue weighted by Crippen LogP contribution is -2.14. The number of aromatic nitrogens is 1. The molecule has 1 aromatic carbocycles. The minimum atomic E-state index is -1.12. The van der Waals surface area contributed by atoms with Gasteiger partial charge in [-0.3, -0.25) is 4.79 Å². The smallest absolute Gasteiger partial charge is 0.354 e. The van der Waals surface area contributed by atoms with Crippen LogP contribution >= 0.6 is 38.5 Å². The van der Waals surface area contributed by atoms with Gasteiger partial charge in [0.05, 0.1) is 11.3 Å². The number of carboxylic acids is 1. The van der Waals surface area contributed by atoms with E-state index in [4.69, 9.17) is 5.11 Å². The van der Waals surface area contributed by atoms with Crippen molar-refractivity contribution in [3.05, 3.63) is 49.3 Å². The number of benzene rings is 1. The summed E-state index contributed by atoms with van der Waals surface area (Å²) in [6, 6.07) is 6.95. The van der Waals surface area contributed by atoms with Gasteiger partial charge in [-0.2, -0.15) is 0 Å². The molecule has 0 radical (unpaired) electrons. The van der Waals surface area contributed by atoms with Gasteiger partial charge in [-0.1, -0.05) is 0 Å². The van der Waals surface area contributed by atoms with Crippen LogP contribution in [-0.4, -0.2) is 22.0 Å². The van der Waals surface area contributed by atoms with E-state index in [1.165, 1.54) is 0 Å². The Morgan fingerprint density at radius 1 is 1.35 bits per heavy atom.